The lowest BCUT2D eigenvalue weighted by molar-refractivity contribution is -0.115. The molecule has 0 fully saturated rings. The molecule has 1 heterocycles. The first-order chi connectivity index (χ1) is 12.6. The standard InChI is InChI=1S/C22H28N2O2/c1-3-4-5-6-8-15-23-22(26)20(24-16-9-7-10-21(24)25)17-19-13-11-18(2)12-14-19/h7,9-14,16-17H,3-6,8,15H2,1-2H3,(H,23,26). The molecule has 0 aliphatic carbocycles. The van der Waals surface area contributed by atoms with Crippen molar-refractivity contribution in [1.82, 2.24) is 9.88 Å². The average molecular weight is 352 g/mol. The van der Waals surface area contributed by atoms with Crippen LogP contribution in [-0.4, -0.2) is 17.0 Å². The molecular formula is C22H28N2O2. The van der Waals surface area contributed by atoms with E-state index >= 15 is 0 Å². The molecule has 2 rings (SSSR count). The van der Waals surface area contributed by atoms with Crippen LogP contribution in [0.1, 0.15) is 50.2 Å². The Bertz CT molecular complexity index is 788. The number of nitrogens with one attached hydrogen (secondary N) is 1. The first-order valence-electron chi connectivity index (χ1n) is 9.36. The van der Waals surface area contributed by atoms with Crippen molar-refractivity contribution in [2.24, 2.45) is 0 Å². The van der Waals surface area contributed by atoms with Crippen molar-refractivity contribution in [3.05, 3.63) is 70.1 Å². The van der Waals surface area contributed by atoms with Crippen LogP contribution >= 0.6 is 0 Å². The highest BCUT2D eigenvalue weighted by molar-refractivity contribution is 6.18. The second-order valence-corrected chi connectivity index (χ2v) is 6.52. The highest BCUT2D eigenvalue weighted by Gasteiger charge is 2.12. The van der Waals surface area contributed by atoms with E-state index in [9.17, 15) is 9.59 Å². The molecule has 138 valence electrons. The van der Waals surface area contributed by atoms with Crippen molar-refractivity contribution in [3.8, 4) is 0 Å². The number of hydrogen-bond acceptors (Lipinski definition) is 2. The molecule has 0 aliphatic heterocycles. The summed E-state index contributed by atoms with van der Waals surface area (Å²) in [5, 5.41) is 2.95. The number of nitrogens with zero attached hydrogens (tertiary/aromatic N) is 1. The summed E-state index contributed by atoms with van der Waals surface area (Å²) in [4.78, 5) is 24.9. The minimum Gasteiger partial charge on any atom is -0.351 e. The maximum absolute atomic E-state index is 12.7. The van der Waals surface area contributed by atoms with Gasteiger partial charge in [0.25, 0.3) is 11.5 Å². The molecule has 2 aromatic rings. The van der Waals surface area contributed by atoms with Crippen LogP contribution in [0.15, 0.2) is 53.5 Å². The Morgan fingerprint density at radius 2 is 1.77 bits per heavy atom. The summed E-state index contributed by atoms with van der Waals surface area (Å²) in [7, 11) is 0. The summed E-state index contributed by atoms with van der Waals surface area (Å²) in [5.41, 5.74) is 2.16. The number of aryl methyl sites for hydroxylation is 1. The van der Waals surface area contributed by atoms with Gasteiger partial charge in [0.2, 0.25) is 0 Å². The largest absolute Gasteiger partial charge is 0.351 e. The van der Waals surface area contributed by atoms with E-state index in [1.54, 1.807) is 24.4 Å². The fourth-order valence-electron chi connectivity index (χ4n) is 2.71. The zero-order valence-corrected chi connectivity index (χ0v) is 15.7. The Kier molecular flexibility index (Phi) is 7.87. The highest BCUT2D eigenvalue weighted by atomic mass is 16.2. The Labute approximate surface area is 155 Å². The average Bonchev–Trinajstić information content (AvgIpc) is 2.64. The van der Waals surface area contributed by atoms with Crippen molar-refractivity contribution in [2.75, 3.05) is 6.54 Å². The summed E-state index contributed by atoms with van der Waals surface area (Å²) in [5.74, 6) is -0.227. The summed E-state index contributed by atoms with van der Waals surface area (Å²) in [6, 6.07) is 12.8. The lowest BCUT2D eigenvalue weighted by atomic mass is 10.1. The third-order valence-corrected chi connectivity index (χ3v) is 4.26. The monoisotopic (exact) mass is 352 g/mol. The Morgan fingerprint density at radius 3 is 2.46 bits per heavy atom. The van der Waals surface area contributed by atoms with Crippen LogP contribution in [0.25, 0.3) is 11.8 Å². The smallest absolute Gasteiger partial charge is 0.268 e. The van der Waals surface area contributed by atoms with E-state index in [0.717, 1.165) is 24.0 Å². The molecule has 1 N–H and O–H groups in total. The second-order valence-electron chi connectivity index (χ2n) is 6.52. The van der Waals surface area contributed by atoms with E-state index < -0.39 is 0 Å². The molecule has 0 radical (unpaired) electrons. The zero-order chi connectivity index (χ0) is 18.8. The van der Waals surface area contributed by atoms with E-state index in [1.165, 1.54) is 29.9 Å². The normalized spacial score (nSPS) is 11.4. The molecule has 4 heteroatoms. The Morgan fingerprint density at radius 1 is 1.04 bits per heavy atom. The highest BCUT2D eigenvalue weighted by Crippen LogP contribution is 2.12. The predicted octanol–water partition coefficient (Wildman–Crippen LogP) is 4.24. The number of carbonyl (C=O) groups is 1. The van der Waals surface area contributed by atoms with Crippen molar-refractivity contribution >= 4 is 17.7 Å². The summed E-state index contributed by atoms with van der Waals surface area (Å²) in [6.07, 6.45) is 9.06. The van der Waals surface area contributed by atoms with Crippen LogP contribution in [0.2, 0.25) is 0 Å². The van der Waals surface area contributed by atoms with Crippen LogP contribution in [0.5, 0.6) is 0 Å². The van der Waals surface area contributed by atoms with Gasteiger partial charge in [-0.3, -0.25) is 14.2 Å². The summed E-state index contributed by atoms with van der Waals surface area (Å²) < 4.78 is 1.40. The van der Waals surface area contributed by atoms with Crippen molar-refractivity contribution in [1.29, 1.82) is 0 Å². The molecule has 0 atom stereocenters. The third-order valence-electron chi connectivity index (χ3n) is 4.26. The number of hydrogen-bond donors (Lipinski definition) is 1. The molecule has 4 nitrogen and oxygen atoms in total. The van der Waals surface area contributed by atoms with Gasteiger partial charge in [-0.05, 0) is 31.1 Å². The quantitative estimate of drug-likeness (QED) is 0.542. The van der Waals surface area contributed by atoms with Gasteiger partial charge in [-0.2, -0.15) is 0 Å². The molecule has 0 unspecified atom stereocenters. The lowest BCUT2D eigenvalue weighted by Crippen LogP contribution is -2.31. The first kappa shape index (κ1) is 19.7. The van der Waals surface area contributed by atoms with Gasteiger partial charge in [-0.1, -0.05) is 68.5 Å². The molecular weight excluding hydrogens is 324 g/mol. The number of benzene rings is 1. The second kappa shape index (κ2) is 10.4. The number of aromatic nitrogens is 1. The van der Waals surface area contributed by atoms with Gasteiger partial charge in [0, 0.05) is 18.8 Å². The van der Waals surface area contributed by atoms with E-state index in [4.69, 9.17) is 0 Å². The van der Waals surface area contributed by atoms with Crippen LogP contribution in [0.4, 0.5) is 0 Å². The predicted molar refractivity (Wildman–Crippen MR) is 108 cm³/mol. The van der Waals surface area contributed by atoms with E-state index in [2.05, 4.69) is 12.2 Å². The van der Waals surface area contributed by atoms with Crippen LogP contribution in [-0.2, 0) is 4.79 Å². The van der Waals surface area contributed by atoms with Crippen LogP contribution in [0, 0.1) is 6.92 Å². The van der Waals surface area contributed by atoms with E-state index in [1.807, 2.05) is 31.2 Å². The van der Waals surface area contributed by atoms with Gasteiger partial charge in [0.1, 0.15) is 5.70 Å². The summed E-state index contributed by atoms with van der Waals surface area (Å²) >= 11 is 0. The van der Waals surface area contributed by atoms with Crippen molar-refractivity contribution < 1.29 is 4.79 Å². The van der Waals surface area contributed by atoms with Crippen LogP contribution in [0.3, 0.4) is 0 Å². The van der Waals surface area contributed by atoms with Gasteiger partial charge in [0.15, 0.2) is 0 Å². The first-order valence-corrected chi connectivity index (χ1v) is 9.36. The molecule has 0 bridgehead atoms. The Hall–Kier alpha value is -2.62. The van der Waals surface area contributed by atoms with Gasteiger partial charge in [-0.25, -0.2) is 0 Å². The molecule has 26 heavy (non-hydrogen) atoms. The molecule has 0 spiro atoms. The maximum Gasteiger partial charge on any atom is 0.268 e. The van der Waals surface area contributed by atoms with E-state index in [-0.39, 0.29) is 11.5 Å². The number of carbonyl (C=O) groups excluding carboxylic acids is 1. The fraction of sp³-hybridized carbons (Fsp3) is 0.364. The van der Waals surface area contributed by atoms with Crippen molar-refractivity contribution in [3.63, 3.8) is 0 Å². The van der Waals surface area contributed by atoms with Gasteiger partial charge in [0.05, 0.1) is 0 Å². The number of pyridine rings is 1. The minimum atomic E-state index is -0.227. The van der Waals surface area contributed by atoms with Crippen LogP contribution < -0.4 is 10.9 Å². The minimum absolute atomic E-state index is 0.219. The Balaban J connectivity index is 2.16. The molecule has 1 aromatic heterocycles. The van der Waals surface area contributed by atoms with Crippen molar-refractivity contribution in [2.45, 2.75) is 46.0 Å². The molecule has 0 saturated heterocycles. The number of unbranched alkanes of at least 4 members (excludes halogenated alkanes) is 4. The molecule has 1 aromatic carbocycles. The lowest BCUT2D eigenvalue weighted by Gasteiger charge is -2.12. The maximum atomic E-state index is 12.7. The SMILES string of the molecule is CCCCCCCNC(=O)C(=Cc1ccc(C)cc1)n1ccccc1=O. The number of amides is 1. The fourth-order valence-corrected chi connectivity index (χ4v) is 2.71. The third kappa shape index (κ3) is 6.03. The topological polar surface area (TPSA) is 51.1 Å². The zero-order valence-electron chi connectivity index (χ0n) is 15.7. The number of rotatable bonds is 9. The summed E-state index contributed by atoms with van der Waals surface area (Å²) in [6.45, 7) is 4.82. The molecule has 1 amide bonds. The van der Waals surface area contributed by atoms with Gasteiger partial charge < -0.3 is 5.32 Å². The van der Waals surface area contributed by atoms with Gasteiger partial charge >= 0.3 is 0 Å². The van der Waals surface area contributed by atoms with E-state index in [0.29, 0.717) is 12.2 Å². The van der Waals surface area contributed by atoms with Gasteiger partial charge in [-0.15, -0.1) is 0 Å². The molecule has 0 aliphatic rings. The molecule has 0 saturated carbocycles.